The summed E-state index contributed by atoms with van der Waals surface area (Å²) in [5, 5.41) is 24.0. The van der Waals surface area contributed by atoms with Gasteiger partial charge in [0.15, 0.2) is 23.0 Å². The van der Waals surface area contributed by atoms with Gasteiger partial charge in [-0.2, -0.15) is 0 Å². The molecule has 236 valence electrons. The Morgan fingerprint density at radius 2 is 1.31 bits per heavy atom. The molecule has 0 saturated heterocycles. The molecule has 3 aliphatic heterocycles. The number of hydrogen-bond donors (Lipinski definition) is 3. The number of carbonyl (C=O) groups excluding carboxylic acids is 1. The Labute approximate surface area is 259 Å². The van der Waals surface area contributed by atoms with E-state index in [0.29, 0.717) is 65.4 Å². The van der Waals surface area contributed by atoms with Crippen LogP contribution in [0.15, 0.2) is 67.8 Å². The van der Waals surface area contributed by atoms with Crippen molar-refractivity contribution >= 4 is 11.6 Å². The lowest BCUT2D eigenvalue weighted by atomic mass is 9.69. The summed E-state index contributed by atoms with van der Waals surface area (Å²) in [6.45, 7) is 7.10. The topological polar surface area (TPSA) is 125 Å². The van der Waals surface area contributed by atoms with Gasteiger partial charge in [0, 0.05) is 28.8 Å². The number of carbonyl (C=O) groups is 1. The summed E-state index contributed by atoms with van der Waals surface area (Å²) in [6, 6.07) is 10.9. The van der Waals surface area contributed by atoms with Crippen LogP contribution in [0.25, 0.3) is 0 Å². The third-order valence-corrected chi connectivity index (χ3v) is 8.02. The number of aliphatic hydroxyl groups is 2. The molecule has 1 amide bonds. The zero-order valence-corrected chi connectivity index (χ0v) is 24.6. The lowest BCUT2D eigenvalue weighted by Crippen LogP contribution is -2.38. The van der Waals surface area contributed by atoms with E-state index in [-0.39, 0.29) is 44.0 Å². The van der Waals surface area contributed by atoms with Gasteiger partial charge in [-0.05, 0) is 43.9 Å². The number of hydrogen-bond acceptors (Lipinski definition) is 9. The van der Waals surface area contributed by atoms with Crippen LogP contribution in [0.1, 0.15) is 42.4 Å². The first kappa shape index (κ1) is 30.3. The fourth-order valence-corrected chi connectivity index (χ4v) is 5.80. The molecule has 2 atom stereocenters. The fraction of sp³-hybridized carbons (Fsp3) is 0.324. The van der Waals surface area contributed by atoms with E-state index >= 15 is 4.39 Å². The Morgan fingerprint density at radius 3 is 1.80 bits per heavy atom. The van der Waals surface area contributed by atoms with E-state index in [4.69, 9.17) is 28.4 Å². The minimum absolute atomic E-state index is 0.00762. The molecule has 3 aromatic carbocycles. The molecular weight excluding hydrogens is 585 g/mol. The maximum atomic E-state index is 15.4. The van der Waals surface area contributed by atoms with Crippen molar-refractivity contribution < 1.29 is 47.8 Å². The number of benzene rings is 3. The molecule has 11 heteroatoms. The molecule has 3 aromatic rings. The number of fused-ring (bicyclic) bond motifs is 3. The molecule has 3 N–H and O–H groups in total. The van der Waals surface area contributed by atoms with Crippen LogP contribution in [0.3, 0.4) is 0 Å². The van der Waals surface area contributed by atoms with Crippen LogP contribution in [0, 0.1) is 5.82 Å². The Kier molecular flexibility index (Phi) is 8.55. The van der Waals surface area contributed by atoms with Crippen LogP contribution >= 0.6 is 0 Å². The van der Waals surface area contributed by atoms with E-state index in [1.54, 1.807) is 42.5 Å². The summed E-state index contributed by atoms with van der Waals surface area (Å²) in [5.41, 5.74) is -0.908. The predicted octanol–water partition coefficient (Wildman–Crippen LogP) is 4.98. The second kappa shape index (κ2) is 12.7. The van der Waals surface area contributed by atoms with Crippen LogP contribution < -0.4 is 33.7 Å². The van der Waals surface area contributed by atoms with Gasteiger partial charge in [0.1, 0.15) is 35.9 Å². The number of allylic oxidation sites excluding steroid dienone is 2. The Hall–Kier alpha value is -4.74. The van der Waals surface area contributed by atoms with Gasteiger partial charge >= 0.3 is 0 Å². The van der Waals surface area contributed by atoms with Crippen LogP contribution in [-0.4, -0.2) is 55.1 Å². The van der Waals surface area contributed by atoms with Crippen molar-refractivity contribution in [1.29, 1.82) is 0 Å². The number of rotatable bonds is 14. The highest BCUT2D eigenvalue weighted by molar-refractivity contribution is 6.12. The van der Waals surface area contributed by atoms with Crippen LogP contribution in [-0.2, 0) is 10.2 Å². The molecule has 0 bridgehead atoms. The van der Waals surface area contributed by atoms with Gasteiger partial charge in [0.25, 0.3) is 0 Å². The average Bonchev–Trinajstić information content (AvgIpc) is 3.77. The summed E-state index contributed by atoms with van der Waals surface area (Å²) in [5.74, 6) is 0.667. The summed E-state index contributed by atoms with van der Waals surface area (Å²) in [4.78, 5) is 14.5. The quantitative estimate of drug-likeness (QED) is 0.214. The molecule has 3 heterocycles. The van der Waals surface area contributed by atoms with Crippen molar-refractivity contribution in [3.8, 4) is 34.5 Å². The van der Waals surface area contributed by atoms with E-state index in [0.717, 1.165) is 0 Å². The van der Waals surface area contributed by atoms with Crippen molar-refractivity contribution in [2.75, 3.05) is 32.1 Å². The molecule has 0 aromatic heterocycles. The first-order valence-corrected chi connectivity index (χ1v) is 14.7. The van der Waals surface area contributed by atoms with Crippen molar-refractivity contribution in [3.05, 3.63) is 90.3 Å². The summed E-state index contributed by atoms with van der Waals surface area (Å²) in [6.07, 6.45) is 3.72. The van der Waals surface area contributed by atoms with Crippen molar-refractivity contribution in [2.24, 2.45) is 0 Å². The molecule has 6 rings (SSSR count). The predicted molar refractivity (Wildman–Crippen MR) is 162 cm³/mol. The van der Waals surface area contributed by atoms with Crippen LogP contribution in [0.5, 0.6) is 34.5 Å². The molecule has 0 saturated carbocycles. The lowest BCUT2D eigenvalue weighted by Gasteiger charge is -2.32. The van der Waals surface area contributed by atoms with E-state index in [1.807, 2.05) is 0 Å². The average molecular weight is 620 g/mol. The van der Waals surface area contributed by atoms with E-state index in [1.165, 1.54) is 12.1 Å². The Morgan fingerprint density at radius 1 is 0.822 bits per heavy atom. The number of ether oxygens (including phenoxy) is 6. The first-order valence-electron chi connectivity index (χ1n) is 14.7. The maximum Gasteiger partial charge on any atom is 0.244 e. The number of anilines is 1. The minimum Gasteiger partial charge on any atom is -0.490 e. The Balaban J connectivity index is 1.57. The van der Waals surface area contributed by atoms with E-state index in [9.17, 15) is 15.0 Å². The van der Waals surface area contributed by atoms with Crippen molar-refractivity contribution in [2.45, 2.75) is 43.3 Å². The monoisotopic (exact) mass is 619 g/mol. The van der Waals surface area contributed by atoms with Crippen molar-refractivity contribution in [1.82, 2.24) is 0 Å². The number of aliphatic hydroxyl groups excluding tert-OH is 2. The summed E-state index contributed by atoms with van der Waals surface area (Å²) < 4.78 is 50.5. The molecule has 0 radical (unpaired) electrons. The number of halogens is 1. The van der Waals surface area contributed by atoms with E-state index in [2.05, 4.69) is 18.5 Å². The molecule has 0 unspecified atom stereocenters. The third kappa shape index (κ3) is 5.53. The second-order valence-electron chi connectivity index (χ2n) is 10.9. The minimum atomic E-state index is -1.78. The molecule has 0 spiro atoms. The molecule has 3 aliphatic rings. The van der Waals surface area contributed by atoms with Crippen LogP contribution in [0.2, 0.25) is 0 Å². The van der Waals surface area contributed by atoms with Gasteiger partial charge in [-0.15, -0.1) is 13.2 Å². The van der Waals surface area contributed by atoms with Gasteiger partial charge in [-0.25, -0.2) is 4.39 Å². The lowest BCUT2D eigenvalue weighted by molar-refractivity contribution is -0.118. The third-order valence-electron chi connectivity index (χ3n) is 8.02. The van der Waals surface area contributed by atoms with Gasteiger partial charge < -0.3 is 44.0 Å². The number of para-hydroxylation sites is 1. The zero-order chi connectivity index (χ0) is 31.6. The highest BCUT2D eigenvalue weighted by Gasteiger charge is 2.55. The first-order chi connectivity index (χ1) is 21.9. The second-order valence-corrected chi connectivity index (χ2v) is 10.9. The number of nitrogens with one attached hydrogen (secondary N) is 1. The molecule has 10 nitrogen and oxygen atoms in total. The highest BCUT2D eigenvalue weighted by atomic mass is 19.1. The van der Waals surface area contributed by atoms with E-state index < -0.39 is 29.3 Å². The van der Waals surface area contributed by atoms with Gasteiger partial charge in [-0.1, -0.05) is 24.3 Å². The van der Waals surface area contributed by atoms with Gasteiger partial charge in [-0.3, -0.25) is 4.79 Å². The standard InChI is InChI=1S/C34H34FNO9/c1-3-5-8-20(37)16-40-26-14-30-28(42-18-44-30)12-23(26)34(22-10-7-11-25(35)32(22)36-33(34)39)24-13-29-31(45-19-43-29)15-27(24)41-17-21(38)9-6-4-2/h3-4,7,10-15,20-21,37-38H,1-2,5-6,8-9,16-19H2,(H,36,39)/t20-,21-/m1/s1. The molecule has 0 fully saturated rings. The van der Waals surface area contributed by atoms with Gasteiger partial charge in [0.2, 0.25) is 19.5 Å². The molecule has 45 heavy (non-hydrogen) atoms. The van der Waals surface area contributed by atoms with Crippen molar-refractivity contribution in [3.63, 3.8) is 0 Å². The smallest absolute Gasteiger partial charge is 0.244 e. The van der Waals surface area contributed by atoms with Gasteiger partial charge in [0.05, 0.1) is 17.9 Å². The summed E-state index contributed by atoms with van der Waals surface area (Å²) in [7, 11) is 0. The summed E-state index contributed by atoms with van der Waals surface area (Å²) >= 11 is 0. The Bertz CT molecular complexity index is 1540. The largest absolute Gasteiger partial charge is 0.490 e. The molecular formula is C34H34FNO9. The fourth-order valence-electron chi connectivity index (χ4n) is 5.80. The molecule has 0 aliphatic carbocycles. The normalized spacial score (nSPS) is 16.5. The van der Waals surface area contributed by atoms with Crippen LogP contribution in [0.4, 0.5) is 10.1 Å². The highest BCUT2D eigenvalue weighted by Crippen LogP contribution is 2.57. The zero-order valence-electron chi connectivity index (χ0n) is 24.6. The SMILES string of the molecule is C=CCC[C@@H](O)COc1cc2c(cc1C1(c3cc4c(cc3OC[C@H](O)CCC=C)OCO4)C(=O)Nc3c(F)cccc31)OCO2. The number of amides is 1. The maximum absolute atomic E-state index is 15.4.